The lowest BCUT2D eigenvalue weighted by Gasteiger charge is -2.35. The lowest BCUT2D eigenvalue weighted by atomic mass is 10.2. The summed E-state index contributed by atoms with van der Waals surface area (Å²) in [6.45, 7) is 5.08. The average molecular weight is 342 g/mol. The third-order valence-electron chi connectivity index (χ3n) is 4.32. The van der Waals surface area contributed by atoms with Gasteiger partial charge in [0, 0.05) is 31.2 Å². The van der Waals surface area contributed by atoms with Crippen LogP contribution < -0.4 is 0 Å². The maximum Gasteiger partial charge on any atom is 0.0802 e. The summed E-state index contributed by atoms with van der Waals surface area (Å²) in [6, 6.07) is 2.82. The van der Waals surface area contributed by atoms with Gasteiger partial charge >= 0.3 is 0 Å². The molecule has 2 unspecified atom stereocenters. The minimum absolute atomic E-state index is 0.302. The fraction of sp³-hybridized carbons (Fsp3) is 0.800. The van der Waals surface area contributed by atoms with Crippen molar-refractivity contribution < 1.29 is 4.74 Å². The van der Waals surface area contributed by atoms with E-state index in [0.29, 0.717) is 18.2 Å². The largest absolute Gasteiger partial charge is 0.372 e. The van der Waals surface area contributed by atoms with E-state index in [1.807, 2.05) is 0 Å². The minimum Gasteiger partial charge on any atom is -0.372 e. The Morgan fingerprint density at radius 2 is 2.15 bits per heavy atom. The molecule has 2 heterocycles. The maximum atomic E-state index is 5.88. The third-order valence-corrected chi connectivity index (χ3v) is 5.04. The molecule has 1 aliphatic carbocycles. The Hall–Kier alpha value is -0.390. The molecular weight excluding hydrogens is 318 g/mol. The zero-order valence-corrected chi connectivity index (χ0v) is 13.8. The van der Waals surface area contributed by atoms with E-state index in [9.17, 15) is 0 Å². The van der Waals surface area contributed by atoms with Gasteiger partial charge < -0.3 is 4.74 Å². The highest BCUT2D eigenvalue weighted by atomic mass is 79.9. The highest BCUT2D eigenvalue weighted by Crippen LogP contribution is 2.28. The first kappa shape index (κ1) is 14.5. The van der Waals surface area contributed by atoms with Crippen molar-refractivity contribution in [3.8, 4) is 0 Å². The van der Waals surface area contributed by atoms with Crippen molar-refractivity contribution in [2.75, 3.05) is 18.4 Å². The molecule has 0 spiro atoms. The van der Waals surface area contributed by atoms with Crippen molar-refractivity contribution in [3.05, 3.63) is 18.0 Å². The standard InChI is InChI=1S/C15H24BrN3O/c1-12-9-18(11-15(8-16)20-12)10-13-6-7-19(17-13)14-4-2-3-5-14/h6-7,12,14-15H,2-5,8-11H2,1H3. The van der Waals surface area contributed by atoms with Gasteiger partial charge in [-0.25, -0.2) is 0 Å². The number of morpholine rings is 1. The van der Waals surface area contributed by atoms with Crippen LogP contribution in [0.5, 0.6) is 0 Å². The van der Waals surface area contributed by atoms with Gasteiger partial charge in [0.2, 0.25) is 0 Å². The Bertz CT molecular complexity index is 431. The van der Waals surface area contributed by atoms with Crippen LogP contribution in [0.1, 0.15) is 44.3 Å². The molecule has 2 fully saturated rings. The second-order valence-corrected chi connectivity index (χ2v) is 6.79. The van der Waals surface area contributed by atoms with Gasteiger partial charge in [-0.3, -0.25) is 9.58 Å². The Balaban J connectivity index is 1.59. The molecule has 1 saturated heterocycles. The molecule has 5 heteroatoms. The molecule has 2 atom stereocenters. The second kappa shape index (κ2) is 6.58. The molecular formula is C15H24BrN3O. The van der Waals surface area contributed by atoms with Crippen molar-refractivity contribution in [1.82, 2.24) is 14.7 Å². The second-order valence-electron chi connectivity index (χ2n) is 6.14. The molecule has 2 aliphatic rings. The van der Waals surface area contributed by atoms with Crippen molar-refractivity contribution in [2.24, 2.45) is 0 Å². The molecule has 0 bridgehead atoms. The molecule has 0 radical (unpaired) electrons. The highest BCUT2D eigenvalue weighted by Gasteiger charge is 2.25. The van der Waals surface area contributed by atoms with Crippen molar-refractivity contribution in [2.45, 2.75) is 57.4 Å². The van der Waals surface area contributed by atoms with E-state index >= 15 is 0 Å². The highest BCUT2D eigenvalue weighted by molar-refractivity contribution is 9.09. The van der Waals surface area contributed by atoms with E-state index < -0.39 is 0 Å². The lowest BCUT2D eigenvalue weighted by molar-refractivity contribution is -0.0681. The maximum absolute atomic E-state index is 5.88. The topological polar surface area (TPSA) is 30.3 Å². The van der Waals surface area contributed by atoms with Crippen LogP contribution in [-0.2, 0) is 11.3 Å². The fourth-order valence-electron chi connectivity index (χ4n) is 3.42. The van der Waals surface area contributed by atoms with Gasteiger partial charge in [0.15, 0.2) is 0 Å². The van der Waals surface area contributed by atoms with E-state index in [4.69, 9.17) is 9.84 Å². The molecule has 4 nitrogen and oxygen atoms in total. The van der Waals surface area contributed by atoms with Crippen LogP contribution in [0, 0.1) is 0 Å². The number of hydrogen-bond acceptors (Lipinski definition) is 3. The summed E-state index contributed by atoms with van der Waals surface area (Å²) in [5.74, 6) is 0. The Labute approximate surface area is 129 Å². The minimum atomic E-state index is 0.302. The molecule has 0 amide bonds. The van der Waals surface area contributed by atoms with Crippen LogP contribution in [0.15, 0.2) is 12.3 Å². The Morgan fingerprint density at radius 1 is 1.35 bits per heavy atom. The predicted octanol–water partition coefficient (Wildman–Crippen LogP) is 2.98. The van der Waals surface area contributed by atoms with Crippen LogP contribution in [0.25, 0.3) is 0 Å². The molecule has 0 N–H and O–H groups in total. The zero-order chi connectivity index (χ0) is 13.9. The summed E-state index contributed by atoms with van der Waals surface area (Å²) in [7, 11) is 0. The fourth-order valence-corrected chi connectivity index (χ4v) is 3.78. The van der Waals surface area contributed by atoms with Gasteiger partial charge in [0.1, 0.15) is 0 Å². The predicted molar refractivity (Wildman–Crippen MR) is 83.1 cm³/mol. The number of ether oxygens (including phenoxy) is 1. The molecule has 1 aromatic heterocycles. The molecule has 1 saturated carbocycles. The summed E-state index contributed by atoms with van der Waals surface area (Å²) < 4.78 is 8.06. The normalized spacial score (nSPS) is 29.1. The van der Waals surface area contributed by atoms with Gasteiger partial charge in [-0.2, -0.15) is 5.10 Å². The SMILES string of the molecule is CC1CN(Cc2ccn(C3CCCC3)n2)CC(CBr)O1. The van der Waals surface area contributed by atoms with Crippen LogP contribution in [0.2, 0.25) is 0 Å². The number of rotatable bonds is 4. The summed E-state index contributed by atoms with van der Waals surface area (Å²) in [4.78, 5) is 2.46. The van der Waals surface area contributed by atoms with E-state index in [1.54, 1.807) is 0 Å². The zero-order valence-electron chi connectivity index (χ0n) is 12.2. The molecule has 3 rings (SSSR count). The van der Waals surface area contributed by atoms with Gasteiger partial charge in [0.25, 0.3) is 0 Å². The number of halogens is 1. The first-order chi connectivity index (χ1) is 9.74. The van der Waals surface area contributed by atoms with Crippen LogP contribution >= 0.6 is 15.9 Å². The molecule has 1 aliphatic heterocycles. The average Bonchev–Trinajstić information content (AvgIpc) is 3.08. The van der Waals surface area contributed by atoms with Gasteiger partial charge in [-0.15, -0.1) is 0 Å². The number of hydrogen-bond donors (Lipinski definition) is 0. The van der Waals surface area contributed by atoms with E-state index in [-0.39, 0.29) is 0 Å². The van der Waals surface area contributed by atoms with E-state index in [0.717, 1.165) is 25.0 Å². The number of aromatic nitrogens is 2. The van der Waals surface area contributed by atoms with Gasteiger partial charge in [-0.1, -0.05) is 28.8 Å². The third kappa shape index (κ3) is 3.43. The quantitative estimate of drug-likeness (QED) is 0.788. The molecule has 20 heavy (non-hydrogen) atoms. The molecule has 112 valence electrons. The van der Waals surface area contributed by atoms with Crippen molar-refractivity contribution in [3.63, 3.8) is 0 Å². The van der Waals surface area contributed by atoms with Crippen LogP contribution in [0.3, 0.4) is 0 Å². The summed E-state index contributed by atoms with van der Waals surface area (Å²) in [5.41, 5.74) is 1.19. The summed E-state index contributed by atoms with van der Waals surface area (Å²) in [6.07, 6.45) is 8.07. The number of alkyl halides is 1. The molecule has 0 aromatic carbocycles. The lowest BCUT2D eigenvalue weighted by Crippen LogP contribution is -2.46. The van der Waals surface area contributed by atoms with Gasteiger partial charge in [-0.05, 0) is 25.8 Å². The first-order valence-corrected chi connectivity index (χ1v) is 8.84. The summed E-state index contributed by atoms with van der Waals surface area (Å²) in [5, 5.41) is 5.69. The Kier molecular flexibility index (Phi) is 4.79. The Morgan fingerprint density at radius 3 is 2.90 bits per heavy atom. The van der Waals surface area contributed by atoms with E-state index in [2.05, 4.69) is 44.7 Å². The van der Waals surface area contributed by atoms with Crippen LogP contribution in [-0.4, -0.2) is 45.3 Å². The monoisotopic (exact) mass is 341 g/mol. The number of nitrogens with zero attached hydrogens (tertiary/aromatic N) is 3. The summed E-state index contributed by atoms with van der Waals surface area (Å²) >= 11 is 3.53. The van der Waals surface area contributed by atoms with Crippen molar-refractivity contribution >= 4 is 15.9 Å². The van der Waals surface area contributed by atoms with E-state index in [1.165, 1.54) is 31.4 Å². The van der Waals surface area contributed by atoms with Crippen LogP contribution in [0.4, 0.5) is 0 Å². The van der Waals surface area contributed by atoms with Crippen molar-refractivity contribution in [1.29, 1.82) is 0 Å². The molecule has 1 aromatic rings. The first-order valence-electron chi connectivity index (χ1n) is 7.72. The smallest absolute Gasteiger partial charge is 0.0802 e. The van der Waals surface area contributed by atoms with Gasteiger partial charge in [0.05, 0.1) is 23.9 Å².